The summed E-state index contributed by atoms with van der Waals surface area (Å²) < 4.78 is 83.0. The van der Waals surface area contributed by atoms with Crippen molar-refractivity contribution in [2.24, 2.45) is 0 Å². The summed E-state index contributed by atoms with van der Waals surface area (Å²) in [6.07, 6.45) is -8.79. The van der Waals surface area contributed by atoms with Crippen LogP contribution in [0.3, 0.4) is 0 Å². The number of carbonyl (C=O) groups excluding carboxylic acids is 3. The fourth-order valence-corrected chi connectivity index (χ4v) is 8.19. The SMILES string of the molecule is Nc1c(C(F)(F)F)cc(C[C@@H](NC(=O)N2CCC(N3Cc4sccc4NC3=O)CC2)C(=O)N2CCC(N3CCNCC3)CC2)cc1C(F)(F)F. The molecular weight excluding hydrogens is 690 g/mol. The lowest BCUT2D eigenvalue weighted by atomic mass is 9.96. The highest BCUT2D eigenvalue weighted by atomic mass is 32.1. The Balaban J connectivity index is 1.18. The summed E-state index contributed by atoms with van der Waals surface area (Å²) in [5.41, 5.74) is 0.933. The Hall–Kier alpha value is -3.77. The van der Waals surface area contributed by atoms with E-state index >= 15 is 0 Å². The number of amides is 5. The van der Waals surface area contributed by atoms with Crippen LogP contribution in [0.5, 0.6) is 0 Å². The van der Waals surface area contributed by atoms with Gasteiger partial charge in [-0.1, -0.05) is 0 Å². The van der Waals surface area contributed by atoms with Gasteiger partial charge in [0.1, 0.15) is 6.04 Å². The molecule has 0 saturated carbocycles. The van der Waals surface area contributed by atoms with Gasteiger partial charge < -0.3 is 36.4 Å². The number of nitrogens with zero attached hydrogens (tertiary/aromatic N) is 4. The number of hydrogen-bond donors (Lipinski definition) is 4. The molecule has 0 radical (unpaired) electrons. The molecule has 4 aliphatic rings. The van der Waals surface area contributed by atoms with Gasteiger partial charge in [-0.3, -0.25) is 9.69 Å². The molecule has 1 aromatic heterocycles. The fourth-order valence-electron chi connectivity index (χ4n) is 7.36. The first-order valence-electron chi connectivity index (χ1n) is 16.7. The standard InChI is InChI=1S/C32H40F6N8O3S/c33-31(34,35)22-15-19(16-23(27(22)39)32(36,37)38)17-25(28(47)44-8-1-20(2-9-44)43-12-6-40-7-13-43)42-29(48)45-10-3-21(4-11-45)46-18-26-24(5-14-50-26)41-30(46)49/h5,14-16,20-21,25,40H,1-4,6-13,17-18,39H2,(H,41,49)(H,42,48)/t25-/m1/s1. The van der Waals surface area contributed by atoms with E-state index in [4.69, 9.17) is 5.73 Å². The molecule has 3 fully saturated rings. The molecule has 1 atom stereocenters. The van der Waals surface area contributed by atoms with Crippen LogP contribution >= 0.6 is 11.3 Å². The van der Waals surface area contributed by atoms with Crippen LogP contribution in [-0.4, -0.2) is 108 Å². The number of benzene rings is 1. The van der Waals surface area contributed by atoms with E-state index in [1.54, 1.807) is 4.90 Å². The number of alkyl halides is 6. The van der Waals surface area contributed by atoms with Gasteiger partial charge in [0.2, 0.25) is 5.91 Å². The van der Waals surface area contributed by atoms with Crippen LogP contribution in [0.4, 0.5) is 47.3 Å². The molecule has 3 saturated heterocycles. The van der Waals surface area contributed by atoms with Crippen LogP contribution in [0.15, 0.2) is 23.6 Å². The van der Waals surface area contributed by atoms with Crippen LogP contribution in [0.1, 0.15) is 47.3 Å². The lowest BCUT2D eigenvalue weighted by molar-refractivity contribution is -0.141. The number of likely N-dealkylation sites (tertiary alicyclic amines) is 2. The summed E-state index contributed by atoms with van der Waals surface area (Å²) in [6, 6.07) is 0.626. The fraction of sp³-hybridized carbons (Fsp3) is 0.594. The maximum absolute atomic E-state index is 14.0. The predicted molar refractivity (Wildman–Crippen MR) is 174 cm³/mol. The van der Waals surface area contributed by atoms with E-state index in [2.05, 4.69) is 20.9 Å². The zero-order valence-electron chi connectivity index (χ0n) is 27.2. The first-order chi connectivity index (χ1) is 23.7. The van der Waals surface area contributed by atoms with Crippen LogP contribution in [0.2, 0.25) is 0 Å². The molecule has 5 amide bonds. The second kappa shape index (κ2) is 14.5. The summed E-state index contributed by atoms with van der Waals surface area (Å²) in [6.45, 7) is 5.01. The highest BCUT2D eigenvalue weighted by Gasteiger charge is 2.42. The van der Waals surface area contributed by atoms with Gasteiger partial charge in [-0.15, -0.1) is 11.3 Å². The van der Waals surface area contributed by atoms with E-state index in [0.717, 1.165) is 36.7 Å². The highest BCUT2D eigenvalue weighted by Crippen LogP contribution is 2.42. The highest BCUT2D eigenvalue weighted by molar-refractivity contribution is 7.10. The third-order valence-electron chi connectivity index (χ3n) is 10.1. The van der Waals surface area contributed by atoms with Crippen LogP contribution in [0.25, 0.3) is 0 Å². The van der Waals surface area contributed by atoms with E-state index < -0.39 is 59.1 Å². The minimum atomic E-state index is -5.19. The second-order valence-electron chi connectivity index (χ2n) is 13.2. The van der Waals surface area contributed by atoms with Gasteiger partial charge in [0.05, 0.1) is 29.0 Å². The molecule has 5 heterocycles. The Kier molecular flexibility index (Phi) is 10.4. The molecule has 5 N–H and O–H groups in total. The molecule has 274 valence electrons. The normalized spacial score (nSPS) is 20.8. The van der Waals surface area contributed by atoms with E-state index in [-0.39, 0.29) is 31.2 Å². The van der Waals surface area contributed by atoms with Gasteiger partial charge in [0.15, 0.2) is 0 Å². The Morgan fingerprint density at radius 3 is 2.08 bits per heavy atom. The Morgan fingerprint density at radius 2 is 1.48 bits per heavy atom. The van der Waals surface area contributed by atoms with Crippen molar-refractivity contribution >= 4 is 40.7 Å². The summed E-state index contributed by atoms with van der Waals surface area (Å²) in [4.78, 5) is 48.4. The number of thiophene rings is 1. The number of fused-ring (bicyclic) bond motifs is 1. The molecule has 0 aliphatic carbocycles. The predicted octanol–water partition coefficient (Wildman–Crippen LogP) is 4.40. The second-order valence-corrected chi connectivity index (χ2v) is 14.2. The van der Waals surface area contributed by atoms with Crippen LogP contribution in [0, 0.1) is 0 Å². The molecule has 11 nitrogen and oxygen atoms in total. The number of piperidine rings is 2. The van der Waals surface area contributed by atoms with E-state index in [9.17, 15) is 40.7 Å². The van der Waals surface area contributed by atoms with Gasteiger partial charge in [-0.25, -0.2) is 9.59 Å². The minimum Gasteiger partial charge on any atom is -0.398 e. The molecule has 50 heavy (non-hydrogen) atoms. The molecule has 6 rings (SSSR count). The molecule has 4 aliphatic heterocycles. The maximum atomic E-state index is 14.0. The van der Waals surface area contributed by atoms with Crippen molar-refractivity contribution in [3.63, 3.8) is 0 Å². The van der Waals surface area contributed by atoms with Crippen molar-refractivity contribution in [2.45, 2.75) is 69.1 Å². The number of hydrogen-bond acceptors (Lipinski definition) is 7. The largest absolute Gasteiger partial charge is 0.418 e. The lowest BCUT2D eigenvalue weighted by Crippen LogP contribution is -2.58. The van der Waals surface area contributed by atoms with Crippen molar-refractivity contribution in [3.8, 4) is 0 Å². The number of halogens is 6. The monoisotopic (exact) mass is 730 g/mol. The van der Waals surface area contributed by atoms with Gasteiger partial charge in [-0.05, 0) is 54.8 Å². The number of nitrogens with one attached hydrogen (secondary N) is 3. The summed E-state index contributed by atoms with van der Waals surface area (Å²) in [5, 5.41) is 10.7. The lowest BCUT2D eigenvalue weighted by Gasteiger charge is -2.41. The van der Waals surface area contributed by atoms with Gasteiger partial charge in [0, 0.05) is 75.7 Å². The molecule has 1 aromatic carbocycles. The number of nitrogens with two attached hydrogens (primary N) is 1. The zero-order valence-corrected chi connectivity index (χ0v) is 28.0. The molecule has 18 heteroatoms. The topological polar surface area (TPSA) is 126 Å². The number of anilines is 2. The third-order valence-corrected chi connectivity index (χ3v) is 11.0. The van der Waals surface area contributed by atoms with Crippen molar-refractivity contribution in [1.82, 2.24) is 30.2 Å². The number of urea groups is 2. The van der Waals surface area contributed by atoms with Crippen molar-refractivity contribution < 1.29 is 40.7 Å². The average molecular weight is 731 g/mol. The molecule has 0 bridgehead atoms. The van der Waals surface area contributed by atoms with E-state index in [0.29, 0.717) is 57.5 Å². The number of rotatable bonds is 6. The average Bonchev–Trinajstić information content (AvgIpc) is 3.54. The number of nitrogen functional groups attached to an aromatic ring is 1. The molecule has 0 spiro atoms. The summed E-state index contributed by atoms with van der Waals surface area (Å²) >= 11 is 1.53. The quantitative estimate of drug-likeness (QED) is 0.258. The first-order valence-corrected chi connectivity index (χ1v) is 17.6. The van der Waals surface area contributed by atoms with Gasteiger partial charge >= 0.3 is 24.4 Å². The van der Waals surface area contributed by atoms with Crippen molar-refractivity contribution in [1.29, 1.82) is 0 Å². The number of piperazine rings is 1. The third kappa shape index (κ3) is 7.91. The minimum absolute atomic E-state index is 0.153. The number of carbonyl (C=O) groups is 3. The van der Waals surface area contributed by atoms with E-state index in [1.807, 2.05) is 11.4 Å². The van der Waals surface area contributed by atoms with Gasteiger partial charge in [0.25, 0.3) is 0 Å². The Morgan fingerprint density at radius 1 is 0.900 bits per heavy atom. The molecule has 0 unspecified atom stereocenters. The van der Waals surface area contributed by atoms with Crippen molar-refractivity contribution in [3.05, 3.63) is 45.1 Å². The summed E-state index contributed by atoms with van der Waals surface area (Å²) in [7, 11) is 0. The van der Waals surface area contributed by atoms with Gasteiger partial charge in [-0.2, -0.15) is 26.3 Å². The van der Waals surface area contributed by atoms with Crippen molar-refractivity contribution in [2.75, 3.05) is 63.4 Å². The molecule has 2 aromatic rings. The Bertz CT molecular complexity index is 1530. The molecular formula is C32H40F6N8O3S. The van der Waals surface area contributed by atoms with Crippen LogP contribution in [-0.2, 0) is 30.1 Å². The maximum Gasteiger partial charge on any atom is 0.418 e. The van der Waals surface area contributed by atoms with E-state index in [1.165, 1.54) is 21.1 Å². The zero-order chi connectivity index (χ0) is 35.8. The Labute approximate surface area is 289 Å². The van der Waals surface area contributed by atoms with Crippen LogP contribution < -0.4 is 21.7 Å². The summed E-state index contributed by atoms with van der Waals surface area (Å²) in [5.74, 6) is -0.581. The smallest absolute Gasteiger partial charge is 0.398 e. The first kappa shape index (κ1) is 36.0.